The van der Waals surface area contributed by atoms with E-state index in [1.807, 2.05) is 0 Å². The highest BCUT2D eigenvalue weighted by molar-refractivity contribution is 7.91. The van der Waals surface area contributed by atoms with E-state index in [1.165, 1.54) is 0 Å². The molecule has 0 N–H and O–H groups in total. The molecule has 1 aromatic carbocycles. The summed E-state index contributed by atoms with van der Waals surface area (Å²) < 4.78 is 100. The summed E-state index contributed by atoms with van der Waals surface area (Å²) in [4.78, 5) is 9.43. The van der Waals surface area contributed by atoms with Crippen LogP contribution in [-0.4, -0.2) is 20.5 Å². The van der Waals surface area contributed by atoms with Gasteiger partial charge in [-0.3, -0.25) is 0 Å². The molecule has 0 bridgehead atoms. The van der Waals surface area contributed by atoms with Crippen molar-refractivity contribution < 1.29 is 39.6 Å². The number of benzene rings is 1. The number of hydrogen-bond donors (Lipinski definition) is 0. The van der Waals surface area contributed by atoms with Crippen LogP contribution in [-0.2, 0) is 27.0 Å². The first kappa shape index (κ1) is 17.8. The fourth-order valence-electron chi connectivity index (χ4n) is 2.11. The van der Waals surface area contributed by atoms with Gasteiger partial charge in [-0.25, -0.2) is 8.42 Å². The molecule has 0 amide bonds. The largest absolute Gasteiger partial charge is 0.416 e. The first-order chi connectivity index (χ1) is 10.3. The highest BCUT2D eigenvalue weighted by Crippen LogP contribution is 2.41. The topological polar surface area (TPSA) is 51.2 Å². The van der Waals surface area contributed by atoms with Crippen molar-refractivity contribution in [2.75, 3.05) is 5.75 Å². The Balaban J connectivity index is 2.47. The molecular weight excluding hydrogens is 350 g/mol. The monoisotopic (exact) mass is 360 g/mol. The van der Waals surface area contributed by atoms with E-state index in [2.05, 4.69) is 0 Å². The number of sulfone groups is 1. The van der Waals surface area contributed by atoms with Crippen molar-refractivity contribution in [1.82, 2.24) is 0 Å². The maximum Gasteiger partial charge on any atom is 0.416 e. The van der Waals surface area contributed by atoms with Gasteiger partial charge in [0.1, 0.15) is 6.29 Å². The minimum atomic E-state index is -5.11. The Morgan fingerprint density at radius 2 is 1.48 bits per heavy atom. The predicted molar refractivity (Wildman–Crippen MR) is 66.2 cm³/mol. The van der Waals surface area contributed by atoms with Gasteiger partial charge in [-0.1, -0.05) is 0 Å². The predicted octanol–water partition coefficient (Wildman–Crippen LogP) is 3.33. The lowest BCUT2D eigenvalue weighted by Gasteiger charge is -2.14. The third-order valence-electron chi connectivity index (χ3n) is 3.51. The average Bonchev–Trinajstić information content (AvgIpc) is 3.13. The molecule has 0 spiro atoms. The van der Waals surface area contributed by atoms with E-state index in [0.29, 0.717) is 6.29 Å². The first-order valence-corrected chi connectivity index (χ1v) is 7.97. The molecular formula is C13H10F6O3S. The Hall–Kier alpha value is -1.58. The molecule has 1 saturated carbocycles. The summed E-state index contributed by atoms with van der Waals surface area (Å²) in [5.41, 5.74) is -3.37. The molecule has 0 saturated heterocycles. The molecule has 1 fully saturated rings. The smallest absolute Gasteiger partial charge is 0.303 e. The van der Waals surface area contributed by atoms with E-state index in [1.54, 1.807) is 0 Å². The molecule has 2 atom stereocenters. The molecule has 128 valence electrons. The highest BCUT2D eigenvalue weighted by atomic mass is 32.2. The van der Waals surface area contributed by atoms with Gasteiger partial charge in [0.2, 0.25) is 0 Å². The molecule has 2 rings (SSSR count). The second-order valence-corrected chi connectivity index (χ2v) is 7.35. The number of halogens is 6. The van der Waals surface area contributed by atoms with Crippen molar-refractivity contribution in [1.29, 1.82) is 0 Å². The minimum absolute atomic E-state index is 0.135. The van der Waals surface area contributed by atoms with Crippen molar-refractivity contribution in [3.8, 4) is 0 Å². The second-order valence-electron chi connectivity index (χ2n) is 5.32. The molecule has 0 aliphatic heterocycles. The Labute approximate surface area is 127 Å². The molecule has 0 aromatic heterocycles. The molecule has 0 unspecified atom stereocenters. The Morgan fingerprint density at radius 3 is 1.83 bits per heavy atom. The van der Waals surface area contributed by atoms with Crippen LogP contribution in [0.25, 0.3) is 0 Å². The van der Waals surface area contributed by atoms with Crippen LogP contribution in [0.4, 0.5) is 26.3 Å². The number of carbonyl (C=O) groups is 1. The van der Waals surface area contributed by atoms with Crippen LogP contribution < -0.4 is 0 Å². The standard InChI is InChI=1S/C13H10F6O3S/c14-12(15,16)9-2-10(13(17,18)19)4-11(3-9)23(21,22)6-8-1-7(8)5-20/h2-5,7-8H,1,6H2/t7-,8-/m1/s1. The van der Waals surface area contributed by atoms with Gasteiger partial charge in [0.15, 0.2) is 9.84 Å². The Kier molecular flexibility index (Phi) is 4.25. The maximum atomic E-state index is 12.7. The molecule has 10 heteroatoms. The zero-order chi connectivity index (χ0) is 17.6. The van der Waals surface area contributed by atoms with Gasteiger partial charge >= 0.3 is 12.4 Å². The van der Waals surface area contributed by atoms with Gasteiger partial charge in [0.05, 0.1) is 21.8 Å². The van der Waals surface area contributed by atoms with E-state index >= 15 is 0 Å². The van der Waals surface area contributed by atoms with Crippen molar-refractivity contribution >= 4 is 16.1 Å². The summed E-state index contributed by atoms with van der Waals surface area (Å²) in [6.45, 7) is 0. The molecule has 1 aliphatic carbocycles. The van der Waals surface area contributed by atoms with E-state index in [4.69, 9.17) is 0 Å². The summed E-state index contributed by atoms with van der Waals surface area (Å²) in [5.74, 6) is -1.74. The number of alkyl halides is 6. The van der Waals surface area contributed by atoms with Crippen LogP contribution >= 0.6 is 0 Å². The lowest BCUT2D eigenvalue weighted by Crippen LogP contribution is -2.15. The second kappa shape index (κ2) is 5.50. The van der Waals surface area contributed by atoms with Gasteiger partial charge in [0.25, 0.3) is 0 Å². The highest BCUT2D eigenvalue weighted by Gasteiger charge is 2.42. The summed E-state index contributed by atoms with van der Waals surface area (Å²) in [7, 11) is -4.36. The normalized spacial score (nSPS) is 22.0. The lowest BCUT2D eigenvalue weighted by molar-refractivity contribution is -0.143. The number of aldehydes is 1. The van der Waals surface area contributed by atoms with Gasteiger partial charge in [-0.2, -0.15) is 26.3 Å². The first-order valence-electron chi connectivity index (χ1n) is 6.32. The third kappa shape index (κ3) is 4.04. The summed E-state index contributed by atoms with van der Waals surface area (Å²) >= 11 is 0. The fraction of sp³-hybridized carbons (Fsp3) is 0.462. The molecule has 1 aromatic rings. The fourth-order valence-corrected chi connectivity index (χ4v) is 3.87. The minimum Gasteiger partial charge on any atom is -0.303 e. The van der Waals surface area contributed by atoms with Gasteiger partial charge in [0, 0.05) is 5.92 Å². The van der Waals surface area contributed by atoms with E-state index < -0.39 is 55.8 Å². The molecule has 3 nitrogen and oxygen atoms in total. The molecule has 0 radical (unpaired) electrons. The average molecular weight is 360 g/mol. The summed E-state index contributed by atoms with van der Waals surface area (Å²) in [5, 5.41) is 0. The Morgan fingerprint density at radius 1 is 1.00 bits per heavy atom. The van der Waals surface area contributed by atoms with Crippen LogP contribution in [0.2, 0.25) is 0 Å². The zero-order valence-electron chi connectivity index (χ0n) is 11.3. The molecule has 0 heterocycles. The van der Waals surface area contributed by atoms with Crippen LogP contribution in [0.15, 0.2) is 23.1 Å². The van der Waals surface area contributed by atoms with E-state index in [-0.39, 0.29) is 24.6 Å². The van der Waals surface area contributed by atoms with E-state index in [9.17, 15) is 39.6 Å². The van der Waals surface area contributed by atoms with Crippen LogP contribution in [0.5, 0.6) is 0 Å². The zero-order valence-corrected chi connectivity index (χ0v) is 12.1. The van der Waals surface area contributed by atoms with Crippen LogP contribution in [0.1, 0.15) is 17.5 Å². The van der Waals surface area contributed by atoms with Gasteiger partial charge in [-0.15, -0.1) is 0 Å². The Bertz CT molecular complexity index is 688. The van der Waals surface area contributed by atoms with Gasteiger partial charge in [-0.05, 0) is 30.5 Å². The number of carbonyl (C=O) groups excluding carboxylic acids is 1. The quantitative estimate of drug-likeness (QED) is 0.611. The van der Waals surface area contributed by atoms with Crippen molar-refractivity contribution in [2.45, 2.75) is 23.7 Å². The van der Waals surface area contributed by atoms with Crippen molar-refractivity contribution in [3.63, 3.8) is 0 Å². The number of hydrogen-bond acceptors (Lipinski definition) is 3. The summed E-state index contributed by atoms with van der Waals surface area (Å²) in [6.07, 6.45) is -9.45. The maximum absolute atomic E-state index is 12.7. The number of rotatable bonds is 4. The van der Waals surface area contributed by atoms with Crippen molar-refractivity contribution in [2.24, 2.45) is 11.8 Å². The molecule has 23 heavy (non-hydrogen) atoms. The van der Waals surface area contributed by atoms with Crippen molar-refractivity contribution in [3.05, 3.63) is 29.3 Å². The SMILES string of the molecule is O=C[C@H]1C[C@@H]1CS(=O)(=O)c1cc(C(F)(F)F)cc(C(F)(F)F)c1. The van der Waals surface area contributed by atoms with Gasteiger partial charge < -0.3 is 4.79 Å². The summed E-state index contributed by atoms with van der Waals surface area (Å²) in [6, 6.07) is 0.232. The molecule has 1 aliphatic rings. The lowest BCUT2D eigenvalue weighted by atomic mass is 10.1. The van der Waals surface area contributed by atoms with E-state index in [0.717, 1.165) is 0 Å². The third-order valence-corrected chi connectivity index (χ3v) is 5.33. The van der Waals surface area contributed by atoms with Crippen LogP contribution in [0.3, 0.4) is 0 Å². The van der Waals surface area contributed by atoms with Crippen LogP contribution in [0, 0.1) is 11.8 Å².